The van der Waals surface area contributed by atoms with Crippen molar-refractivity contribution in [3.63, 3.8) is 0 Å². The van der Waals surface area contributed by atoms with Gasteiger partial charge in [0.1, 0.15) is 17.3 Å². The first-order valence-electron chi connectivity index (χ1n) is 7.81. The summed E-state index contributed by atoms with van der Waals surface area (Å²) in [5.41, 5.74) is -0.0397. The molecule has 2 aromatic carbocycles. The van der Waals surface area contributed by atoms with Crippen LogP contribution in [-0.4, -0.2) is 11.8 Å². The Labute approximate surface area is 144 Å². The molecular weight excluding hydrogens is 323 g/mol. The summed E-state index contributed by atoms with van der Waals surface area (Å²) in [6.45, 7) is 5.24. The number of Topliss-reactive ketones (excluding diaryl/α,β-unsaturated/α-hetero) is 1. The number of hydrogen-bond acceptors (Lipinski definition) is 4. The molecule has 1 heterocycles. The number of carbonyl (C=O) groups is 2. The van der Waals surface area contributed by atoms with Crippen molar-refractivity contribution in [1.29, 1.82) is 0 Å². The molecule has 5 heteroatoms. The Bertz CT molecular complexity index is 891. The maximum Gasteiger partial charge on any atom is 0.316 e. The smallest absolute Gasteiger partial charge is 0.316 e. The fraction of sp³-hybridized carbons (Fsp3) is 0.200. The number of ketones is 1. The molecule has 0 saturated carbocycles. The van der Waals surface area contributed by atoms with Crippen LogP contribution in [-0.2, 0) is 4.79 Å². The molecule has 0 amide bonds. The lowest BCUT2D eigenvalue weighted by molar-refractivity contribution is -0.143. The zero-order chi connectivity index (χ0) is 18.2. The Morgan fingerprint density at radius 3 is 2.56 bits per heavy atom. The number of benzene rings is 2. The molecule has 0 aliphatic carbocycles. The van der Waals surface area contributed by atoms with Crippen LogP contribution >= 0.6 is 0 Å². The molecule has 0 spiro atoms. The number of rotatable bonds is 2. The molecule has 1 aliphatic rings. The molecule has 2 aromatic rings. The van der Waals surface area contributed by atoms with Gasteiger partial charge in [0.25, 0.3) is 0 Å². The van der Waals surface area contributed by atoms with Crippen molar-refractivity contribution in [2.45, 2.75) is 20.8 Å². The number of hydrogen-bond donors (Lipinski definition) is 0. The monoisotopic (exact) mass is 340 g/mol. The molecule has 0 bridgehead atoms. The van der Waals surface area contributed by atoms with Crippen LogP contribution in [0.1, 0.15) is 36.7 Å². The first kappa shape index (κ1) is 16.9. The Balaban J connectivity index is 1.87. The van der Waals surface area contributed by atoms with Gasteiger partial charge in [0.05, 0.1) is 11.0 Å². The quantitative estimate of drug-likeness (QED) is 0.462. The van der Waals surface area contributed by atoms with Crippen LogP contribution in [0.2, 0.25) is 0 Å². The summed E-state index contributed by atoms with van der Waals surface area (Å²) in [6.07, 6.45) is 1.36. The fourth-order valence-electron chi connectivity index (χ4n) is 2.22. The first-order chi connectivity index (χ1) is 11.8. The molecule has 0 aromatic heterocycles. The van der Waals surface area contributed by atoms with E-state index in [0.29, 0.717) is 11.3 Å². The highest BCUT2D eigenvalue weighted by molar-refractivity contribution is 6.14. The van der Waals surface area contributed by atoms with Crippen molar-refractivity contribution < 1.29 is 23.5 Å². The van der Waals surface area contributed by atoms with Gasteiger partial charge >= 0.3 is 5.97 Å². The number of allylic oxidation sites excluding steroid dienone is 1. The van der Waals surface area contributed by atoms with Crippen molar-refractivity contribution in [3.8, 4) is 11.5 Å². The summed E-state index contributed by atoms with van der Waals surface area (Å²) < 4.78 is 24.6. The van der Waals surface area contributed by atoms with Crippen LogP contribution in [0.3, 0.4) is 0 Å². The number of ether oxygens (including phenoxy) is 2. The fourth-order valence-corrected chi connectivity index (χ4v) is 2.22. The standard InChI is InChI=1S/C20H17FO4/c1-20(2,3)19(23)24-13-8-9-14-16(11-13)25-17(18(14)22)10-12-6-4-5-7-15(12)21/h4-11H,1-3H3. The summed E-state index contributed by atoms with van der Waals surface area (Å²) in [4.78, 5) is 24.3. The lowest BCUT2D eigenvalue weighted by atomic mass is 9.97. The van der Waals surface area contributed by atoms with E-state index in [4.69, 9.17) is 9.47 Å². The second-order valence-electron chi connectivity index (χ2n) is 6.76. The zero-order valence-electron chi connectivity index (χ0n) is 14.1. The number of fused-ring (bicyclic) bond motifs is 1. The van der Waals surface area contributed by atoms with Gasteiger partial charge in [0, 0.05) is 11.6 Å². The summed E-state index contributed by atoms with van der Waals surface area (Å²) in [5, 5.41) is 0. The van der Waals surface area contributed by atoms with E-state index in [-0.39, 0.29) is 28.8 Å². The van der Waals surface area contributed by atoms with E-state index >= 15 is 0 Å². The molecule has 128 valence electrons. The van der Waals surface area contributed by atoms with Gasteiger partial charge in [-0.25, -0.2) is 4.39 Å². The lowest BCUT2D eigenvalue weighted by Crippen LogP contribution is -2.25. The van der Waals surface area contributed by atoms with Crippen molar-refractivity contribution in [3.05, 3.63) is 65.2 Å². The van der Waals surface area contributed by atoms with Gasteiger partial charge in [-0.1, -0.05) is 18.2 Å². The third kappa shape index (κ3) is 3.45. The minimum absolute atomic E-state index is 0.0272. The van der Waals surface area contributed by atoms with Crippen LogP contribution in [0.5, 0.6) is 11.5 Å². The Hall–Kier alpha value is -2.95. The minimum Gasteiger partial charge on any atom is -0.452 e. The average molecular weight is 340 g/mol. The molecule has 0 saturated heterocycles. The third-order valence-electron chi connectivity index (χ3n) is 3.66. The van der Waals surface area contributed by atoms with Crippen LogP contribution in [0.25, 0.3) is 6.08 Å². The van der Waals surface area contributed by atoms with E-state index in [1.54, 1.807) is 39.0 Å². The van der Waals surface area contributed by atoms with Gasteiger partial charge in [-0.15, -0.1) is 0 Å². The Morgan fingerprint density at radius 1 is 1.16 bits per heavy atom. The van der Waals surface area contributed by atoms with E-state index in [2.05, 4.69) is 0 Å². The number of carbonyl (C=O) groups excluding carboxylic acids is 2. The highest BCUT2D eigenvalue weighted by Gasteiger charge is 2.29. The van der Waals surface area contributed by atoms with Crippen molar-refractivity contribution >= 4 is 17.8 Å². The second-order valence-corrected chi connectivity index (χ2v) is 6.76. The van der Waals surface area contributed by atoms with Gasteiger partial charge in [-0.3, -0.25) is 9.59 Å². The van der Waals surface area contributed by atoms with E-state index < -0.39 is 11.2 Å². The molecule has 0 N–H and O–H groups in total. The van der Waals surface area contributed by atoms with Crippen LogP contribution in [0.15, 0.2) is 48.2 Å². The van der Waals surface area contributed by atoms with E-state index in [1.807, 2.05) is 0 Å². The zero-order valence-corrected chi connectivity index (χ0v) is 14.1. The third-order valence-corrected chi connectivity index (χ3v) is 3.66. The Morgan fingerprint density at radius 2 is 1.88 bits per heavy atom. The topological polar surface area (TPSA) is 52.6 Å². The van der Waals surface area contributed by atoms with Gasteiger partial charge in [0.2, 0.25) is 5.78 Å². The molecule has 0 atom stereocenters. The number of esters is 1. The normalized spacial score (nSPS) is 15.0. The van der Waals surface area contributed by atoms with Crippen molar-refractivity contribution in [1.82, 2.24) is 0 Å². The molecule has 0 fully saturated rings. The van der Waals surface area contributed by atoms with E-state index in [1.165, 1.54) is 30.3 Å². The maximum atomic E-state index is 13.7. The van der Waals surface area contributed by atoms with Crippen LogP contribution < -0.4 is 9.47 Å². The SMILES string of the molecule is CC(C)(C)C(=O)Oc1ccc2c(c1)OC(=Cc1ccccc1F)C2=O. The van der Waals surface area contributed by atoms with E-state index in [0.717, 1.165) is 0 Å². The largest absolute Gasteiger partial charge is 0.452 e. The summed E-state index contributed by atoms with van der Waals surface area (Å²) in [5.74, 6) is -0.571. The minimum atomic E-state index is -0.647. The van der Waals surface area contributed by atoms with Gasteiger partial charge in [0.15, 0.2) is 5.76 Å². The Kier molecular flexibility index (Phi) is 4.17. The average Bonchev–Trinajstić information content (AvgIpc) is 2.84. The summed E-state index contributed by atoms with van der Waals surface area (Å²) >= 11 is 0. The molecule has 4 nitrogen and oxygen atoms in total. The predicted octanol–water partition coefficient (Wildman–Crippen LogP) is 4.39. The van der Waals surface area contributed by atoms with Crippen molar-refractivity contribution in [2.24, 2.45) is 5.41 Å². The van der Waals surface area contributed by atoms with Gasteiger partial charge in [-0.05, 0) is 45.0 Å². The molecule has 0 unspecified atom stereocenters. The van der Waals surface area contributed by atoms with E-state index in [9.17, 15) is 14.0 Å². The predicted molar refractivity (Wildman–Crippen MR) is 90.9 cm³/mol. The molecule has 3 rings (SSSR count). The summed E-state index contributed by atoms with van der Waals surface area (Å²) in [7, 11) is 0. The van der Waals surface area contributed by atoms with Crippen LogP contribution in [0.4, 0.5) is 4.39 Å². The highest BCUT2D eigenvalue weighted by Crippen LogP contribution is 2.35. The molecule has 1 aliphatic heterocycles. The molecular formula is C20H17FO4. The van der Waals surface area contributed by atoms with Gasteiger partial charge in [-0.2, -0.15) is 0 Å². The maximum absolute atomic E-state index is 13.7. The molecule has 0 radical (unpaired) electrons. The lowest BCUT2D eigenvalue weighted by Gasteiger charge is -2.16. The van der Waals surface area contributed by atoms with Crippen LogP contribution in [0, 0.1) is 11.2 Å². The first-order valence-corrected chi connectivity index (χ1v) is 7.81. The highest BCUT2D eigenvalue weighted by atomic mass is 19.1. The second kappa shape index (κ2) is 6.16. The van der Waals surface area contributed by atoms with Crippen molar-refractivity contribution in [2.75, 3.05) is 0 Å². The molecule has 25 heavy (non-hydrogen) atoms. The summed E-state index contributed by atoms with van der Waals surface area (Å²) in [6, 6.07) is 10.7. The van der Waals surface area contributed by atoms with Gasteiger partial charge < -0.3 is 9.47 Å². The number of halogens is 1.